The molecular formula is C20H20FNO4. The van der Waals surface area contributed by atoms with Gasteiger partial charge in [0, 0.05) is 13.2 Å². The molecule has 2 aromatic carbocycles. The number of amides is 1. The number of ether oxygens (including phenoxy) is 1. The van der Waals surface area contributed by atoms with Crippen LogP contribution in [0, 0.1) is 5.82 Å². The molecule has 6 heteroatoms. The summed E-state index contributed by atoms with van der Waals surface area (Å²) < 4.78 is 19.1. The third-order valence-electron chi connectivity index (χ3n) is 4.67. The monoisotopic (exact) mass is 357 g/mol. The number of carboxylic acids is 1. The van der Waals surface area contributed by atoms with E-state index in [2.05, 4.69) is 5.32 Å². The number of carbonyl (C=O) groups is 2. The third-order valence-corrected chi connectivity index (χ3v) is 4.67. The van der Waals surface area contributed by atoms with E-state index in [0.29, 0.717) is 31.6 Å². The number of halogens is 1. The van der Waals surface area contributed by atoms with Crippen molar-refractivity contribution in [2.24, 2.45) is 0 Å². The van der Waals surface area contributed by atoms with Crippen LogP contribution in [-0.2, 0) is 21.5 Å². The first-order valence-electron chi connectivity index (χ1n) is 8.46. The van der Waals surface area contributed by atoms with Crippen LogP contribution < -0.4 is 5.32 Å². The van der Waals surface area contributed by atoms with Crippen molar-refractivity contribution in [2.45, 2.75) is 24.8 Å². The molecule has 1 aliphatic heterocycles. The second kappa shape index (κ2) is 7.66. The molecule has 0 unspecified atom stereocenters. The molecule has 0 bridgehead atoms. The van der Waals surface area contributed by atoms with Gasteiger partial charge in [0.2, 0.25) is 5.91 Å². The quantitative estimate of drug-likeness (QED) is 0.863. The van der Waals surface area contributed by atoms with Crippen molar-refractivity contribution in [1.29, 1.82) is 0 Å². The SMILES string of the molecule is O=C(Cc1ccc(C(=O)O)cc1)NC1(c2cccc(F)c2)CCOCC1. The Morgan fingerprint density at radius 3 is 2.42 bits per heavy atom. The van der Waals surface area contributed by atoms with Gasteiger partial charge in [-0.3, -0.25) is 4.79 Å². The first kappa shape index (κ1) is 18.1. The van der Waals surface area contributed by atoms with Crippen molar-refractivity contribution < 1.29 is 23.8 Å². The third kappa shape index (κ3) is 4.08. The fourth-order valence-electron chi connectivity index (χ4n) is 3.25. The van der Waals surface area contributed by atoms with Crippen LogP contribution in [0.4, 0.5) is 4.39 Å². The van der Waals surface area contributed by atoms with Gasteiger partial charge in [-0.2, -0.15) is 0 Å². The molecule has 0 aromatic heterocycles. The van der Waals surface area contributed by atoms with Gasteiger partial charge in [0.15, 0.2) is 0 Å². The maximum atomic E-state index is 13.7. The molecule has 0 aliphatic carbocycles. The van der Waals surface area contributed by atoms with Crippen LogP contribution in [0.15, 0.2) is 48.5 Å². The Kier molecular flexibility index (Phi) is 5.32. The summed E-state index contributed by atoms with van der Waals surface area (Å²) >= 11 is 0. The molecule has 0 radical (unpaired) electrons. The first-order chi connectivity index (χ1) is 12.5. The fourth-order valence-corrected chi connectivity index (χ4v) is 3.25. The fraction of sp³-hybridized carbons (Fsp3) is 0.300. The average molecular weight is 357 g/mol. The molecule has 26 heavy (non-hydrogen) atoms. The van der Waals surface area contributed by atoms with Crippen molar-refractivity contribution in [3.05, 3.63) is 71.0 Å². The van der Waals surface area contributed by atoms with E-state index in [4.69, 9.17) is 9.84 Å². The lowest BCUT2D eigenvalue weighted by Crippen LogP contribution is -2.50. The van der Waals surface area contributed by atoms with Crippen LogP contribution >= 0.6 is 0 Å². The lowest BCUT2D eigenvalue weighted by Gasteiger charge is -2.38. The van der Waals surface area contributed by atoms with Crippen LogP contribution in [0.3, 0.4) is 0 Å². The zero-order chi connectivity index (χ0) is 18.6. The van der Waals surface area contributed by atoms with E-state index in [9.17, 15) is 14.0 Å². The summed E-state index contributed by atoms with van der Waals surface area (Å²) in [6, 6.07) is 12.5. The summed E-state index contributed by atoms with van der Waals surface area (Å²) in [4.78, 5) is 23.5. The van der Waals surface area contributed by atoms with Crippen LogP contribution in [-0.4, -0.2) is 30.2 Å². The van der Waals surface area contributed by atoms with Crippen LogP contribution in [0.1, 0.15) is 34.3 Å². The van der Waals surface area contributed by atoms with Crippen LogP contribution in [0.2, 0.25) is 0 Å². The van der Waals surface area contributed by atoms with E-state index in [1.807, 2.05) is 6.07 Å². The molecule has 2 aromatic rings. The molecule has 1 fully saturated rings. The van der Waals surface area contributed by atoms with Gasteiger partial charge in [0.25, 0.3) is 0 Å². The minimum atomic E-state index is -1.01. The van der Waals surface area contributed by atoms with Crippen molar-refractivity contribution in [2.75, 3.05) is 13.2 Å². The summed E-state index contributed by atoms with van der Waals surface area (Å²) in [6.07, 6.45) is 1.26. The molecule has 1 aliphatic rings. The van der Waals surface area contributed by atoms with Crippen molar-refractivity contribution in [1.82, 2.24) is 5.32 Å². The van der Waals surface area contributed by atoms with E-state index >= 15 is 0 Å². The molecule has 2 N–H and O–H groups in total. The van der Waals surface area contributed by atoms with Crippen molar-refractivity contribution >= 4 is 11.9 Å². The molecule has 0 spiro atoms. The standard InChI is InChI=1S/C20H20FNO4/c21-17-3-1-2-16(13-17)20(8-10-26-11-9-20)22-18(23)12-14-4-6-15(7-5-14)19(24)25/h1-7,13H,8-12H2,(H,22,23)(H,24,25). The predicted octanol–water partition coefficient (Wildman–Crippen LogP) is 2.89. The topological polar surface area (TPSA) is 75.6 Å². The Morgan fingerprint density at radius 1 is 1.12 bits per heavy atom. The van der Waals surface area contributed by atoms with Gasteiger partial charge >= 0.3 is 5.97 Å². The molecule has 0 saturated carbocycles. The zero-order valence-electron chi connectivity index (χ0n) is 14.2. The summed E-state index contributed by atoms with van der Waals surface area (Å²) in [5.41, 5.74) is 0.970. The van der Waals surface area contributed by atoms with Gasteiger partial charge in [0.05, 0.1) is 17.5 Å². The highest BCUT2D eigenvalue weighted by Crippen LogP contribution is 2.32. The molecule has 136 valence electrons. The average Bonchev–Trinajstić information content (AvgIpc) is 2.63. The van der Waals surface area contributed by atoms with Gasteiger partial charge < -0.3 is 15.2 Å². The summed E-state index contributed by atoms with van der Waals surface area (Å²) in [7, 11) is 0. The number of carbonyl (C=O) groups excluding carboxylic acids is 1. The second-order valence-corrected chi connectivity index (χ2v) is 6.43. The number of carboxylic acid groups (broad SMARTS) is 1. The summed E-state index contributed by atoms with van der Waals surface area (Å²) in [5.74, 6) is -1.54. The lowest BCUT2D eigenvalue weighted by atomic mass is 9.82. The number of nitrogens with one attached hydrogen (secondary N) is 1. The van der Waals surface area contributed by atoms with E-state index < -0.39 is 11.5 Å². The summed E-state index contributed by atoms with van der Waals surface area (Å²) in [5, 5.41) is 12.0. The molecule has 1 amide bonds. The molecule has 5 nitrogen and oxygen atoms in total. The largest absolute Gasteiger partial charge is 0.478 e. The Morgan fingerprint density at radius 2 is 1.81 bits per heavy atom. The maximum Gasteiger partial charge on any atom is 0.335 e. The van der Waals surface area contributed by atoms with Gasteiger partial charge in [-0.25, -0.2) is 9.18 Å². The van der Waals surface area contributed by atoms with Crippen molar-refractivity contribution in [3.63, 3.8) is 0 Å². The van der Waals surface area contributed by atoms with E-state index in [1.165, 1.54) is 24.3 Å². The number of hydrogen-bond donors (Lipinski definition) is 2. The maximum absolute atomic E-state index is 13.7. The Hall–Kier alpha value is -2.73. The van der Waals surface area contributed by atoms with Crippen molar-refractivity contribution in [3.8, 4) is 0 Å². The van der Waals surface area contributed by atoms with Crippen LogP contribution in [0.25, 0.3) is 0 Å². The molecular weight excluding hydrogens is 337 g/mol. The van der Waals surface area contributed by atoms with Gasteiger partial charge in [0.1, 0.15) is 5.82 Å². The zero-order valence-corrected chi connectivity index (χ0v) is 14.2. The smallest absolute Gasteiger partial charge is 0.335 e. The van der Waals surface area contributed by atoms with Gasteiger partial charge in [-0.1, -0.05) is 24.3 Å². The minimum absolute atomic E-state index is 0.123. The molecule has 0 atom stereocenters. The van der Waals surface area contributed by atoms with Crippen LogP contribution in [0.5, 0.6) is 0 Å². The Balaban J connectivity index is 1.76. The summed E-state index contributed by atoms with van der Waals surface area (Å²) in [6.45, 7) is 0.980. The van der Waals surface area contributed by atoms with E-state index in [-0.39, 0.29) is 23.7 Å². The Bertz CT molecular complexity index is 798. The van der Waals surface area contributed by atoms with Gasteiger partial charge in [-0.15, -0.1) is 0 Å². The molecule has 1 heterocycles. The second-order valence-electron chi connectivity index (χ2n) is 6.43. The van der Waals surface area contributed by atoms with E-state index in [1.54, 1.807) is 18.2 Å². The Labute approximate surface area is 150 Å². The highest BCUT2D eigenvalue weighted by atomic mass is 19.1. The highest BCUT2D eigenvalue weighted by Gasteiger charge is 2.36. The normalized spacial score (nSPS) is 16.0. The first-order valence-corrected chi connectivity index (χ1v) is 8.46. The molecule has 3 rings (SSSR count). The van der Waals surface area contributed by atoms with Gasteiger partial charge in [-0.05, 0) is 48.2 Å². The number of benzene rings is 2. The lowest BCUT2D eigenvalue weighted by molar-refractivity contribution is -0.123. The number of rotatable bonds is 5. The van der Waals surface area contributed by atoms with E-state index in [0.717, 1.165) is 5.56 Å². The minimum Gasteiger partial charge on any atom is -0.478 e. The number of aromatic carboxylic acids is 1. The molecule has 1 saturated heterocycles. The predicted molar refractivity (Wildman–Crippen MR) is 93.4 cm³/mol. The number of hydrogen-bond acceptors (Lipinski definition) is 3. The highest BCUT2D eigenvalue weighted by molar-refractivity contribution is 5.87.